The van der Waals surface area contributed by atoms with Gasteiger partial charge in [-0.3, -0.25) is 4.79 Å². The van der Waals surface area contributed by atoms with Crippen LogP contribution in [0.5, 0.6) is 0 Å². The van der Waals surface area contributed by atoms with E-state index in [0.29, 0.717) is 31.4 Å². The molecule has 2 N–H and O–H groups in total. The average molecular weight is 342 g/mol. The van der Waals surface area contributed by atoms with E-state index < -0.39 is 0 Å². The number of nitrogens with two attached hydrogens (primary N) is 1. The summed E-state index contributed by atoms with van der Waals surface area (Å²) in [5, 5.41) is 0. The van der Waals surface area contributed by atoms with Crippen LogP contribution in [-0.4, -0.2) is 12.5 Å². The molecule has 0 fully saturated rings. The summed E-state index contributed by atoms with van der Waals surface area (Å²) < 4.78 is 6.29. The van der Waals surface area contributed by atoms with Gasteiger partial charge in [-0.2, -0.15) is 0 Å². The van der Waals surface area contributed by atoms with E-state index in [-0.39, 0.29) is 5.97 Å². The molecule has 0 saturated carbocycles. The molecule has 0 aliphatic heterocycles. The number of hydrogen-bond acceptors (Lipinski definition) is 3. The lowest BCUT2D eigenvalue weighted by atomic mass is 9.88. The predicted molar refractivity (Wildman–Crippen MR) is 85.2 cm³/mol. The number of hydrogen-bond donors (Lipinski definition) is 1. The van der Waals surface area contributed by atoms with E-state index >= 15 is 0 Å². The second kappa shape index (κ2) is 9.14. The first-order valence-corrected chi connectivity index (χ1v) is 7.92. The van der Waals surface area contributed by atoms with E-state index in [1.807, 2.05) is 24.3 Å². The maximum atomic E-state index is 11.8. The van der Waals surface area contributed by atoms with Crippen molar-refractivity contribution in [3.8, 4) is 0 Å². The Balaban J connectivity index is 2.33. The van der Waals surface area contributed by atoms with Crippen molar-refractivity contribution in [2.24, 2.45) is 17.6 Å². The van der Waals surface area contributed by atoms with Crippen LogP contribution in [0.2, 0.25) is 0 Å². The molecule has 1 atom stereocenters. The Kier molecular flexibility index (Phi) is 7.85. The minimum atomic E-state index is -0.132. The molecule has 20 heavy (non-hydrogen) atoms. The first kappa shape index (κ1) is 17.2. The number of carbonyl (C=O) groups is 1. The van der Waals surface area contributed by atoms with E-state index in [9.17, 15) is 4.79 Å². The molecule has 0 aromatic heterocycles. The summed E-state index contributed by atoms with van der Waals surface area (Å²) in [6, 6.07) is 7.79. The van der Waals surface area contributed by atoms with Crippen LogP contribution < -0.4 is 5.73 Å². The molecule has 0 radical (unpaired) electrons. The second-order valence-electron chi connectivity index (χ2n) is 5.41. The van der Waals surface area contributed by atoms with Crippen LogP contribution in [0.4, 0.5) is 0 Å². The molecule has 112 valence electrons. The number of benzene rings is 1. The van der Waals surface area contributed by atoms with Crippen LogP contribution in [0.25, 0.3) is 0 Å². The van der Waals surface area contributed by atoms with Crippen LogP contribution in [-0.2, 0) is 16.1 Å². The Morgan fingerprint density at radius 1 is 1.35 bits per heavy atom. The van der Waals surface area contributed by atoms with Crippen molar-refractivity contribution in [1.29, 1.82) is 0 Å². The topological polar surface area (TPSA) is 52.3 Å². The van der Waals surface area contributed by atoms with E-state index in [4.69, 9.17) is 10.5 Å². The van der Waals surface area contributed by atoms with E-state index in [0.717, 1.165) is 22.9 Å². The highest BCUT2D eigenvalue weighted by Crippen LogP contribution is 2.21. The summed E-state index contributed by atoms with van der Waals surface area (Å²) in [5.41, 5.74) is 6.60. The number of esters is 1. The van der Waals surface area contributed by atoms with E-state index in [1.165, 1.54) is 0 Å². The molecule has 0 bridgehead atoms. The number of halogens is 1. The number of rotatable bonds is 8. The lowest BCUT2D eigenvalue weighted by molar-refractivity contribution is -0.145. The summed E-state index contributed by atoms with van der Waals surface area (Å²) in [5.74, 6) is 0.919. The van der Waals surface area contributed by atoms with Crippen molar-refractivity contribution in [1.82, 2.24) is 0 Å². The van der Waals surface area contributed by atoms with E-state index in [1.54, 1.807) is 0 Å². The molecule has 0 spiro atoms. The van der Waals surface area contributed by atoms with Crippen LogP contribution in [0.3, 0.4) is 0 Å². The summed E-state index contributed by atoms with van der Waals surface area (Å²) >= 11 is 3.40. The van der Waals surface area contributed by atoms with Gasteiger partial charge in [0.25, 0.3) is 0 Å². The standard InChI is InChI=1S/C16H24BrNO2/c1-12(2)14(8-9-18)6-7-16(19)20-11-13-4-3-5-15(17)10-13/h3-5,10,12,14H,6-9,11,18H2,1-2H3. The minimum absolute atomic E-state index is 0.132. The Labute approximate surface area is 130 Å². The van der Waals surface area contributed by atoms with Crippen molar-refractivity contribution >= 4 is 21.9 Å². The Bertz CT molecular complexity index is 421. The lowest BCUT2D eigenvalue weighted by Crippen LogP contribution is -2.16. The average Bonchev–Trinajstić information content (AvgIpc) is 2.41. The fraction of sp³-hybridized carbons (Fsp3) is 0.562. The molecule has 4 heteroatoms. The summed E-state index contributed by atoms with van der Waals surface area (Å²) in [7, 11) is 0. The molecular formula is C16H24BrNO2. The molecule has 0 amide bonds. The SMILES string of the molecule is CC(C)C(CCN)CCC(=O)OCc1cccc(Br)c1. The van der Waals surface area contributed by atoms with Gasteiger partial charge in [-0.15, -0.1) is 0 Å². The maximum absolute atomic E-state index is 11.8. The monoisotopic (exact) mass is 341 g/mol. The summed E-state index contributed by atoms with van der Waals surface area (Å²) in [4.78, 5) is 11.8. The van der Waals surface area contributed by atoms with Crippen LogP contribution in [0.15, 0.2) is 28.7 Å². The Morgan fingerprint density at radius 3 is 2.70 bits per heavy atom. The van der Waals surface area contributed by atoms with Gasteiger partial charge in [-0.25, -0.2) is 0 Å². The predicted octanol–water partition coefficient (Wildman–Crippen LogP) is 3.89. The molecule has 3 nitrogen and oxygen atoms in total. The fourth-order valence-corrected chi connectivity index (χ4v) is 2.64. The first-order valence-electron chi connectivity index (χ1n) is 7.13. The first-order chi connectivity index (χ1) is 9.52. The van der Waals surface area contributed by atoms with Crippen molar-refractivity contribution in [3.05, 3.63) is 34.3 Å². The Hall–Kier alpha value is -0.870. The summed E-state index contributed by atoms with van der Waals surface area (Å²) in [6.07, 6.45) is 2.29. The third kappa shape index (κ3) is 6.53. The molecule has 1 aromatic carbocycles. The van der Waals surface area contributed by atoms with Gasteiger partial charge >= 0.3 is 5.97 Å². The largest absolute Gasteiger partial charge is 0.461 e. The third-order valence-electron chi connectivity index (χ3n) is 3.49. The van der Waals surface area contributed by atoms with Crippen molar-refractivity contribution in [2.75, 3.05) is 6.54 Å². The zero-order valence-electron chi connectivity index (χ0n) is 12.3. The molecule has 0 heterocycles. The van der Waals surface area contributed by atoms with Gasteiger partial charge in [-0.05, 0) is 48.9 Å². The molecule has 0 aliphatic carbocycles. The van der Waals surface area contributed by atoms with Gasteiger partial charge in [0.1, 0.15) is 6.61 Å². The Morgan fingerprint density at radius 2 is 2.10 bits per heavy atom. The van der Waals surface area contributed by atoms with Crippen LogP contribution in [0.1, 0.15) is 38.7 Å². The molecule has 1 rings (SSSR count). The van der Waals surface area contributed by atoms with Crippen molar-refractivity contribution < 1.29 is 9.53 Å². The van der Waals surface area contributed by atoms with Gasteiger partial charge in [0.2, 0.25) is 0 Å². The molecule has 0 aliphatic rings. The zero-order chi connectivity index (χ0) is 15.0. The maximum Gasteiger partial charge on any atom is 0.306 e. The quantitative estimate of drug-likeness (QED) is 0.729. The van der Waals surface area contributed by atoms with Crippen LogP contribution >= 0.6 is 15.9 Å². The van der Waals surface area contributed by atoms with Crippen LogP contribution in [0, 0.1) is 11.8 Å². The minimum Gasteiger partial charge on any atom is -0.461 e. The second-order valence-corrected chi connectivity index (χ2v) is 6.33. The van der Waals surface area contributed by atoms with E-state index in [2.05, 4.69) is 29.8 Å². The molecular weight excluding hydrogens is 318 g/mol. The molecule has 1 unspecified atom stereocenters. The highest BCUT2D eigenvalue weighted by atomic mass is 79.9. The van der Waals surface area contributed by atoms with Crippen molar-refractivity contribution in [3.63, 3.8) is 0 Å². The smallest absolute Gasteiger partial charge is 0.306 e. The fourth-order valence-electron chi connectivity index (χ4n) is 2.19. The summed E-state index contributed by atoms with van der Waals surface area (Å²) in [6.45, 7) is 5.36. The van der Waals surface area contributed by atoms with Gasteiger partial charge in [0.05, 0.1) is 0 Å². The zero-order valence-corrected chi connectivity index (χ0v) is 13.9. The van der Waals surface area contributed by atoms with Gasteiger partial charge in [0.15, 0.2) is 0 Å². The lowest BCUT2D eigenvalue weighted by Gasteiger charge is -2.19. The normalized spacial score (nSPS) is 12.4. The number of ether oxygens (including phenoxy) is 1. The number of carbonyl (C=O) groups excluding carboxylic acids is 1. The molecule has 0 saturated heterocycles. The highest BCUT2D eigenvalue weighted by molar-refractivity contribution is 9.10. The van der Waals surface area contributed by atoms with Gasteiger partial charge < -0.3 is 10.5 Å². The highest BCUT2D eigenvalue weighted by Gasteiger charge is 2.15. The van der Waals surface area contributed by atoms with Crippen molar-refractivity contribution in [2.45, 2.75) is 39.7 Å². The third-order valence-corrected chi connectivity index (χ3v) is 3.98. The van der Waals surface area contributed by atoms with Gasteiger partial charge in [-0.1, -0.05) is 41.9 Å². The van der Waals surface area contributed by atoms with Gasteiger partial charge in [0, 0.05) is 10.9 Å². The molecule has 1 aromatic rings.